The van der Waals surface area contributed by atoms with E-state index in [0.29, 0.717) is 12.0 Å². The van der Waals surface area contributed by atoms with Crippen molar-refractivity contribution in [1.82, 2.24) is 9.55 Å². The number of nitrogens with one attached hydrogen (secondary N) is 1. The van der Waals surface area contributed by atoms with E-state index in [4.69, 9.17) is 12.2 Å². The number of imidazole rings is 1. The van der Waals surface area contributed by atoms with Gasteiger partial charge in [-0.15, -0.1) is 0 Å². The van der Waals surface area contributed by atoms with E-state index < -0.39 is 0 Å². The maximum absolute atomic E-state index is 5.53. The molecule has 0 amide bonds. The average Bonchev–Trinajstić information content (AvgIpc) is 2.80. The first-order valence-corrected chi connectivity index (χ1v) is 7.96. The van der Waals surface area contributed by atoms with E-state index in [1.54, 1.807) is 0 Å². The summed E-state index contributed by atoms with van der Waals surface area (Å²) in [5.41, 5.74) is 2.42. The zero-order valence-electron chi connectivity index (χ0n) is 10.6. The molecule has 1 saturated carbocycles. The second-order valence-electron chi connectivity index (χ2n) is 5.44. The summed E-state index contributed by atoms with van der Waals surface area (Å²) in [4.78, 5) is 3.35. The molecule has 0 bridgehead atoms. The third-order valence-corrected chi connectivity index (χ3v) is 5.40. The molecule has 1 aromatic heterocycles. The van der Waals surface area contributed by atoms with Crippen LogP contribution in [-0.2, 0) is 0 Å². The van der Waals surface area contributed by atoms with Crippen molar-refractivity contribution in [2.45, 2.75) is 32.7 Å². The van der Waals surface area contributed by atoms with Crippen molar-refractivity contribution < 1.29 is 0 Å². The van der Waals surface area contributed by atoms with Crippen molar-refractivity contribution in [2.24, 2.45) is 11.8 Å². The van der Waals surface area contributed by atoms with Crippen molar-refractivity contribution in [1.29, 1.82) is 0 Å². The number of hydrogen-bond donors (Lipinski definition) is 1. The highest BCUT2D eigenvalue weighted by atomic mass is 127. The molecule has 0 saturated heterocycles. The van der Waals surface area contributed by atoms with Gasteiger partial charge in [0.15, 0.2) is 4.77 Å². The molecular formula is C14H17IN2S. The van der Waals surface area contributed by atoms with Gasteiger partial charge in [-0.3, -0.25) is 0 Å². The van der Waals surface area contributed by atoms with Crippen LogP contribution in [0.15, 0.2) is 18.2 Å². The minimum atomic E-state index is 0.557. The number of halogens is 1. The van der Waals surface area contributed by atoms with E-state index in [2.05, 4.69) is 64.2 Å². The molecule has 0 spiro atoms. The van der Waals surface area contributed by atoms with Crippen molar-refractivity contribution in [3.63, 3.8) is 0 Å². The zero-order chi connectivity index (χ0) is 12.9. The molecule has 1 aliphatic rings. The number of aromatic nitrogens is 2. The van der Waals surface area contributed by atoms with Gasteiger partial charge in [0.1, 0.15) is 0 Å². The Balaban J connectivity index is 2.17. The first kappa shape index (κ1) is 12.7. The molecule has 1 heterocycles. The summed E-state index contributed by atoms with van der Waals surface area (Å²) < 4.78 is 4.46. The molecule has 4 heteroatoms. The van der Waals surface area contributed by atoms with Crippen LogP contribution in [0.25, 0.3) is 11.0 Å². The molecule has 96 valence electrons. The lowest BCUT2D eigenvalue weighted by atomic mass is 9.97. The predicted octanol–water partition coefficient (Wildman–Crippen LogP) is 4.91. The Morgan fingerprint density at radius 3 is 2.78 bits per heavy atom. The third-order valence-electron chi connectivity index (χ3n) is 4.43. The molecule has 3 atom stereocenters. The maximum atomic E-state index is 5.53. The summed E-state index contributed by atoms with van der Waals surface area (Å²) >= 11 is 7.87. The highest BCUT2D eigenvalue weighted by molar-refractivity contribution is 14.1. The van der Waals surface area contributed by atoms with Gasteiger partial charge in [-0.1, -0.05) is 13.8 Å². The maximum Gasteiger partial charge on any atom is 0.178 e. The van der Waals surface area contributed by atoms with Crippen LogP contribution in [0.3, 0.4) is 0 Å². The van der Waals surface area contributed by atoms with E-state index in [1.165, 1.54) is 27.4 Å². The van der Waals surface area contributed by atoms with Gasteiger partial charge in [-0.25, -0.2) is 0 Å². The average molecular weight is 372 g/mol. The molecule has 1 N–H and O–H groups in total. The number of aromatic amines is 1. The third kappa shape index (κ3) is 1.93. The molecule has 0 aliphatic heterocycles. The monoisotopic (exact) mass is 372 g/mol. The van der Waals surface area contributed by atoms with Crippen LogP contribution in [0.1, 0.15) is 32.7 Å². The Hall–Kier alpha value is -0.360. The van der Waals surface area contributed by atoms with Gasteiger partial charge in [-0.05, 0) is 77.7 Å². The molecule has 1 aromatic carbocycles. The predicted molar refractivity (Wildman–Crippen MR) is 86.4 cm³/mol. The van der Waals surface area contributed by atoms with Crippen LogP contribution in [0.5, 0.6) is 0 Å². The fourth-order valence-electron chi connectivity index (χ4n) is 3.14. The van der Waals surface area contributed by atoms with Crippen molar-refractivity contribution in [3.05, 3.63) is 26.5 Å². The first-order valence-electron chi connectivity index (χ1n) is 6.47. The van der Waals surface area contributed by atoms with E-state index in [-0.39, 0.29) is 0 Å². The number of fused-ring (bicyclic) bond motifs is 1. The Kier molecular flexibility index (Phi) is 3.26. The van der Waals surface area contributed by atoms with E-state index in [9.17, 15) is 0 Å². The second kappa shape index (κ2) is 4.63. The summed E-state index contributed by atoms with van der Waals surface area (Å²) in [5, 5.41) is 0. The van der Waals surface area contributed by atoms with Gasteiger partial charge >= 0.3 is 0 Å². The summed E-state index contributed by atoms with van der Waals surface area (Å²) in [6, 6.07) is 7.08. The molecule has 3 rings (SSSR count). The van der Waals surface area contributed by atoms with Gasteiger partial charge in [0.05, 0.1) is 11.0 Å². The van der Waals surface area contributed by atoms with Gasteiger partial charge in [0, 0.05) is 9.61 Å². The Bertz CT molecular complexity index is 643. The van der Waals surface area contributed by atoms with E-state index in [1.807, 2.05) is 0 Å². The first-order chi connectivity index (χ1) is 8.58. The highest BCUT2D eigenvalue weighted by Gasteiger charge is 2.32. The fraction of sp³-hybridized carbons (Fsp3) is 0.500. The van der Waals surface area contributed by atoms with Crippen LogP contribution in [0.4, 0.5) is 0 Å². The van der Waals surface area contributed by atoms with Crippen LogP contribution in [0.2, 0.25) is 0 Å². The standard InChI is InChI=1S/C14H17IN2S/c1-8-3-5-12(9(8)2)17-13-6-4-10(15)7-11(13)16-14(17)18/h4,6-9,12H,3,5H2,1-2H3,(H,16,18). The van der Waals surface area contributed by atoms with Crippen LogP contribution >= 0.6 is 34.8 Å². The topological polar surface area (TPSA) is 20.7 Å². The van der Waals surface area contributed by atoms with Gasteiger partial charge in [-0.2, -0.15) is 0 Å². The SMILES string of the molecule is CC1CCC(n2c(=S)[nH]c3cc(I)ccc32)C1C. The van der Waals surface area contributed by atoms with Crippen LogP contribution in [0, 0.1) is 20.2 Å². The van der Waals surface area contributed by atoms with Gasteiger partial charge < -0.3 is 9.55 Å². The minimum absolute atomic E-state index is 0.557. The van der Waals surface area contributed by atoms with Gasteiger partial charge in [0.25, 0.3) is 0 Å². The Morgan fingerprint density at radius 2 is 2.11 bits per heavy atom. The van der Waals surface area contributed by atoms with Crippen molar-refractivity contribution >= 4 is 45.8 Å². The lowest BCUT2D eigenvalue weighted by molar-refractivity contribution is 0.356. The van der Waals surface area contributed by atoms with Crippen LogP contribution in [-0.4, -0.2) is 9.55 Å². The number of nitrogens with zero attached hydrogens (tertiary/aromatic N) is 1. The van der Waals surface area contributed by atoms with Crippen molar-refractivity contribution in [3.8, 4) is 0 Å². The highest BCUT2D eigenvalue weighted by Crippen LogP contribution is 2.41. The molecule has 0 radical (unpaired) electrons. The Morgan fingerprint density at radius 1 is 1.33 bits per heavy atom. The van der Waals surface area contributed by atoms with Gasteiger partial charge in [0.2, 0.25) is 0 Å². The normalized spacial score (nSPS) is 28.1. The molecule has 3 unspecified atom stereocenters. The zero-order valence-corrected chi connectivity index (χ0v) is 13.6. The number of rotatable bonds is 1. The minimum Gasteiger partial charge on any atom is -0.331 e. The molecule has 18 heavy (non-hydrogen) atoms. The lowest BCUT2D eigenvalue weighted by Crippen LogP contribution is -2.14. The lowest BCUT2D eigenvalue weighted by Gasteiger charge is -2.20. The summed E-state index contributed by atoms with van der Waals surface area (Å²) in [7, 11) is 0. The Labute approximate surface area is 126 Å². The number of hydrogen-bond acceptors (Lipinski definition) is 1. The number of benzene rings is 1. The quantitative estimate of drug-likeness (QED) is 0.557. The molecule has 2 aromatic rings. The summed E-state index contributed by atoms with van der Waals surface area (Å²) in [6.45, 7) is 4.71. The smallest absolute Gasteiger partial charge is 0.178 e. The second-order valence-corrected chi connectivity index (χ2v) is 7.08. The fourth-order valence-corrected chi connectivity index (χ4v) is 3.97. The molecular weight excluding hydrogens is 355 g/mol. The van der Waals surface area contributed by atoms with Crippen molar-refractivity contribution in [2.75, 3.05) is 0 Å². The number of H-pyrrole nitrogens is 1. The molecule has 2 nitrogen and oxygen atoms in total. The van der Waals surface area contributed by atoms with E-state index in [0.717, 1.165) is 10.7 Å². The van der Waals surface area contributed by atoms with Crippen LogP contribution < -0.4 is 0 Å². The largest absolute Gasteiger partial charge is 0.331 e. The summed E-state index contributed by atoms with van der Waals surface area (Å²) in [6.07, 6.45) is 2.56. The molecule has 1 aliphatic carbocycles. The molecule has 1 fully saturated rings. The van der Waals surface area contributed by atoms with E-state index >= 15 is 0 Å². The summed E-state index contributed by atoms with van der Waals surface area (Å²) in [5.74, 6) is 1.50.